The number of aryl methyl sites for hydroxylation is 3. The fraction of sp³-hybridized carbons (Fsp3) is 0.462. The van der Waals surface area contributed by atoms with Gasteiger partial charge in [-0.05, 0) is 36.0 Å². The summed E-state index contributed by atoms with van der Waals surface area (Å²) in [7, 11) is 0. The first-order valence-corrected chi connectivity index (χ1v) is 5.53. The fourth-order valence-corrected chi connectivity index (χ4v) is 1.77. The maximum absolute atomic E-state index is 6.97. The van der Waals surface area contributed by atoms with Gasteiger partial charge in [0.05, 0.1) is 11.7 Å². The van der Waals surface area contributed by atoms with E-state index in [-0.39, 0.29) is 0 Å². The van der Waals surface area contributed by atoms with Gasteiger partial charge in [0.15, 0.2) is 0 Å². The Morgan fingerprint density at radius 3 is 1.93 bits per heavy atom. The molecule has 0 aliphatic rings. The second-order valence-corrected chi connectivity index (χ2v) is 3.55. The molecule has 0 bridgehead atoms. The summed E-state index contributed by atoms with van der Waals surface area (Å²) >= 11 is 0. The molecule has 0 saturated carbocycles. The van der Waals surface area contributed by atoms with Gasteiger partial charge in [-0.1, -0.05) is 32.9 Å². The lowest BCUT2D eigenvalue weighted by Gasteiger charge is -2.10. The monoisotopic (exact) mass is 202 g/mol. The predicted octanol–water partition coefficient (Wildman–Crippen LogP) is 3.76. The highest BCUT2D eigenvalue weighted by Crippen LogP contribution is 2.27. The van der Waals surface area contributed by atoms with Gasteiger partial charge in [-0.25, -0.2) is 5.41 Å². The van der Waals surface area contributed by atoms with E-state index in [0.717, 1.165) is 24.9 Å². The van der Waals surface area contributed by atoms with E-state index in [2.05, 4.69) is 43.9 Å². The maximum atomic E-state index is 6.97. The Kier molecular flexibility index (Phi) is 4.26. The zero-order chi connectivity index (χ0) is 11.3. The summed E-state index contributed by atoms with van der Waals surface area (Å²) < 4.78 is 0. The van der Waals surface area contributed by atoms with Crippen molar-refractivity contribution in [3.63, 3.8) is 0 Å². The van der Waals surface area contributed by atoms with Gasteiger partial charge in [0, 0.05) is 0 Å². The Hall–Kier alpha value is -1.40. The van der Waals surface area contributed by atoms with Gasteiger partial charge < -0.3 is 0 Å². The molecule has 0 atom stereocenters. The predicted molar refractivity (Wildman–Crippen MR) is 64.4 cm³/mol. The molecule has 0 aliphatic heterocycles. The normalized spacial score (nSPS) is 9.80. The van der Waals surface area contributed by atoms with Crippen molar-refractivity contribution in [1.82, 2.24) is 0 Å². The molecule has 15 heavy (non-hydrogen) atoms. The highest BCUT2D eigenvalue weighted by molar-refractivity contribution is 5.60. The molecule has 80 valence electrons. The molecule has 0 saturated heterocycles. The highest BCUT2D eigenvalue weighted by Gasteiger charge is 2.07. The van der Waals surface area contributed by atoms with E-state index in [9.17, 15) is 0 Å². The third-order valence-corrected chi connectivity index (χ3v) is 2.67. The van der Waals surface area contributed by atoms with Crippen LogP contribution in [0.2, 0.25) is 0 Å². The van der Waals surface area contributed by atoms with E-state index in [4.69, 9.17) is 5.41 Å². The van der Waals surface area contributed by atoms with Crippen molar-refractivity contribution in [3.8, 4) is 0 Å². The molecule has 0 amide bonds. The Balaban J connectivity index is 3.38. The number of nitrogens with zero attached hydrogens (tertiary/aromatic N) is 1. The van der Waals surface area contributed by atoms with E-state index in [0.29, 0.717) is 0 Å². The van der Waals surface area contributed by atoms with E-state index in [1.807, 2.05) is 0 Å². The molecule has 0 radical (unpaired) electrons. The van der Waals surface area contributed by atoms with Crippen LogP contribution in [-0.4, -0.2) is 6.01 Å². The molecule has 0 aromatic heterocycles. The van der Waals surface area contributed by atoms with Crippen LogP contribution >= 0.6 is 0 Å². The molecule has 2 heteroatoms. The lowest BCUT2D eigenvalue weighted by Crippen LogP contribution is -1.93. The summed E-state index contributed by atoms with van der Waals surface area (Å²) in [4.78, 5) is 4.04. The number of hydrogen-bond donors (Lipinski definition) is 1. The van der Waals surface area contributed by atoms with E-state index >= 15 is 0 Å². The maximum Gasteiger partial charge on any atom is 0.0918 e. The fourth-order valence-electron chi connectivity index (χ4n) is 1.77. The standard InChI is InChI=1S/C13H18N2/c1-4-10-7-11(5-2)13(15-9-14)12(6-3)8-10/h7-8,14H,4-6H2,1-3H3. The van der Waals surface area contributed by atoms with Gasteiger partial charge in [0.1, 0.15) is 0 Å². The number of aliphatic imine (C=N–C) groups is 1. The zero-order valence-corrected chi connectivity index (χ0v) is 9.72. The Morgan fingerprint density at radius 2 is 1.60 bits per heavy atom. The van der Waals surface area contributed by atoms with Crippen LogP contribution in [0.1, 0.15) is 37.5 Å². The molecule has 1 N–H and O–H groups in total. The van der Waals surface area contributed by atoms with E-state index < -0.39 is 0 Å². The molecular formula is C13H18N2. The zero-order valence-electron chi connectivity index (χ0n) is 9.72. The molecule has 2 nitrogen and oxygen atoms in total. The SMILES string of the molecule is CCc1cc(CC)c(N=C=N)c(CC)c1. The molecular weight excluding hydrogens is 184 g/mol. The number of nitrogens with one attached hydrogen (secondary N) is 1. The van der Waals surface area contributed by atoms with Gasteiger partial charge in [-0.2, -0.15) is 4.99 Å². The second-order valence-electron chi connectivity index (χ2n) is 3.55. The third kappa shape index (κ3) is 2.54. The molecule has 1 aromatic rings. The number of hydrogen-bond acceptors (Lipinski definition) is 2. The molecule has 1 rings (SSSR count). The van der Waals surface area contributed by atoms with Crippen molar-refractivity contribution in [2.75, 3.05) is 0 Å². The van der Waals surface area contributed by atoms with Crippen molar-refractivity contribution in [2.45, 2.75) is 40.0 Å². The molecule has 0 spiro atoms. The third-order valence-electron chi connectivity index (χ3n) is 2.67. The second kappa shape index (κ2) is 5.47. The number of benzene rings is 1. The first-order chi connectivity index (χ1) is 7.26. The summed E-state index contributed by atoms with van der Waals surface area (Å²) in [6, 6.07) is 6.53. The smallest absolute Gasteiger partial charge is 0.0918 e. The number of rotatable bonds is 4. The van der Waals surface area contributed by atoms with Crippen molar-refractivity contribution in [1.29, 1.82) is 5.41 Å². The molecule has 0 heterocycles. The first-order valence-electron chi connectivity index (χ1n) is 5.53. The van der Waals surface area contributed by atoms with Gasteiger partial charge in [0.25, 0.3) is 0 Å². The van der Waals surface area contributed by atoms with Crippen LogP contribution in [0.25, 0.3) is 0 Å². The molecule has 0 aliphatic carbocycles. The summed E-state index contributed by atoms with van der Waals surface area (Å²) in [6.07, 6.45) is 2.97. The molecule has 0 fully saturated rings. The van der Waals surface area contributed by atoms with Gasteiger partial charge in [-0.3, -0.25) is 0 Å². The minimum Gasteiger partial charge on any atom is -0.241 e. The Morgan fingerprint density at radius 1 is 1.07 bits per heavy atom. The van der Waals surface area contributed by atoms with Crippen LogP contribution in [-0.2, 0) is 19.3 Å². The summed E-state index contributed by atoms with van der Waals surface area (Å²) in [5, 5.41) is 6.97. The Labute approximate surface area is 91.6 Å². The average Bonchev–Trinajstić information content (AvgIpc) is 2.29. The summed E-state index contributed by atoms with van der Waals surface area (Å²) in [5.41, 5.74) is 4.76. The van der Waals surface area contributed by atoms with Crippen LogP contribution in [0.5, 0.6) is 0 Å². The largest absolute Gasteiger partial charge is 0.241 e. The first kappa shape index (κ1) is 11.7. The quantitative estimate of drug-likeness (QED) is 0.722. The van der Waals surface area contributed by atoms with Crippen LogP contribution in [0.3, 0.4) is 0 Å². The van der Waals surface area contributed by atoms with Gasteiger partial charge in [-0.15, -0.1) is 0 Å². The Bertz CT molecular complexity index is 363. The minimum absolute atomic E-state index is 0.951. The summed E-state index contributed by atoms with van der Waals surface area (Å²) in [6.45, 7) is 6.40. The molecule has 1 aromatic carbocycles. The minimum atomic E-state index is 0.951. The molecule has 0 unspecified atom stereocenters. The van der Waals surface area contributed by atoms with Crippen molar-refractivity contribution >= 4 is 11.7 Å². The lowest BCUT2D eigenvalue weighted by molar-refractivity contribution is 1.04. The van der Waals surface area contributed by atoms with Gasteiger partial charge >= 0.3 is 0 Å². The van der Waals surface area contributed by atoms with E-state index in [1.165, 1.54) is 16.7 Å². The van der Waals surface area contributed by atoms with Crippen LogP contribution in [0, 0.1) is 5.41 Å². The topological polar surface area (TPSA) is 36.2 Å². The van der Waals surface area contributed by atoms with Crippen molar-refractivity contribution in [2.24, 2.45) is 4.99 Å². The average molecular weight is 202 g/mol. The lowest BCUT2D eigenvalue weighted by atomic mass is 9.98. The van der Waals surface area contributed by atoms with Crippen molar-refractivity contribution < 1.29 is 0 Å². The summed E-state index contributed by atoms with van der Waals surface area (Å²) in [5.74, 6) is 0. The van der Waals surface area contributed by atoms with Gasteiger partial charge in [0.2, 0.25) is 0 Å². The van der Waals surface area contributed by atoms with Crippen LogP contribution in [0.15, 0.2) is 17.1 Å². The van der Waals surface area contributed by atoms with Crippen LogP contribution < -0.4 is 0 Å². The van der Waals surface area contributed by atoms with E-state index in [1.54, 1.807) is 0 Å². The van der Waals surface area contributed by atoms with Crippen molar-refractivity contribution in [3.05, 3.63) is 28.8 Å². The van der Waals surface area contributed by atoms with Crippen LogP contribution in [0.4, 0.5) is 5.69 Å². The highest BCUT2D eigenvalue weighted by atomic mass is 14.7.